The molecule has 0 saturated carbocycles. The van der Waals surface area contributed by atoms with Gasteiger partial charge in [-0.25, -0.2) is 4.39 Å². The average Bonchev–Trinajstić information content (AvgIpc) is 1.96. The standard InChI is InChI=1S/C7H9FN2O/c8-5-1-4(3-11)7(10)6(9)2-5/h1-2,11H,3,9-10H2. The summed E-state index contributed by atoms with van der Waals surface area (Å²) < 4.78 is 12.5. The van der Waals surface area contributed by atoms with Crippen LogP contribution in [0.4, 0.5) is 15.8 Å². The fourth-order valence-corrected chi connectivity index (χ4v) is 0.828. The molecule has 3 nitrogen and oxygen atoms in total. The van der Waals surface area contributed by atoms with Crippen molar-refractivity contribution in [2.45, 2.75) is 6.61 Å². The Hall–Kier alpha value is -1.29. The molecule has 60 valence electrons. The lowest BCUT2D eigenvalue weighted by Gasteiger charge is -2.04. The molecule has 0 unspecified atom stereocenters. The van der Waals surface area contributed by atoms with E-state index < -0.39 is 5.82 Å². The first kappa shape index (κ1) is 7.81. The molecule has 0 aliphatic rings. The monoisotopic (exact) mass is 156 g/mol. The molecule has 0 atom stereocenters. The molecule has 0 saturated heterocycles. The maximum Gasteiger partial charge on any atom is 0.125 e. The molecular formula is C7H9FN2O. The Kier molecular flexibility index (Phi) is 1.96. The van der Waals surface area contributed by atoms with Gasteiger partial charge < -0.3 is 16.6 Å². The molecule has 5 N–H and O–H groups in total. The average molecular weight is 156 g/mol. The number of benzene rings is 1. The third-order valence-electron chi connectivity index (χ3n) is 1.43. The molecule has 0 bridgehead atoms. The number of nitrogens with two attached hydrogens (primary N) is 2. The van der Waals surface area contributed by atoms with Crippen LogP contribution in [0.3, 0.4) is 0 Å². The number of nitrogen functional groups attached to an aromatic ring is 2. The van der Waals surface area contributed by atoms with Gasteiger partial charge in [0, 0.05) is 5.56 Å². The van der Waals surface area contributed by atoms with Crippen LogP contribution in [0.15, 0.2) is 12.1 Å². The first-order chi connectivity index (χ1) is 5.15. The molecule has 0 heterocycles. The molecular weight excluding hydrogens is 147 g/mol. The van der Waals surface area contributed by atoms with Crippen molar-refractivity contribution in [3.05, 3.63) is 23.5 Å². The number of halogens is 1. The van der Waals surface area contributed by atoms with E-state index >= 15 is 0 Å². The van der Waals surface area contributed by atoms with Gasteiger partial charge in [0.15, 0.2) is 0 Å². The van der Waals surface area contributed by atoms with Gasteiger partial charge in [0.2, 0.25) is 0 Å². The van der Waals surface area contributed by atoms with Crippen LogP contribution in [-0.4, -0.2) is 5.11 Å². The molecule has 0 aliphatic heterocycles. The molecule has 0 radical (unpaired) electrons. The van der Waals surface area contributed by atoms with Crippen molar-refractivity contribution in [1.82, 2.24) is 0 Å². The molecule has 0 aliphatic carbocycles. The number of hydrogen-bond acceptors (Lipinski definition) is 3. The van der Waals surface area contributed by atoms with Gasteiger partial charge in [-0.05, 0) is 12.1 Å². The first-order valence-corrected chi connectivity index (χ1v) is 3.09. The maximum atomic E-state index is 12.5. The van der Waals surface area contributed by atoms with Crippen LogP contribution in [-0.2, 0) is 6.61 Å². The van der Waals surface area contributed by atoms with E-state index in [2.05, 4.69) is 0 Å². The Morgan fingerprint density at radius 2 is 2.00 bits per heavy atom. The minimum Gasteiger partial charge on any atom is -0.397 e. The zero-order chi connectivity index (χ0) is 8.43. The molecule has 1 aromatic carbocycles. The molecule has 1 aromatic rings. The van der Waals surface area contributed by atoms with Gasteiger partial charge in [-0.15, -0.1) is 0 Å². The SMILES string of the molecule is Nc1cc(F)cc(CO)c1N. The summed E-state index contributed by atoms with van der Waals surface area (Å²) in [6, 6.07) is 2.28. The van der Waals surface area contributed by atoms with E-state index in [0.717, 1.165) is 12.1 Å². The van der Waals surface area contributed by atoms with Gasteiger partial charge in [-0.1, -0.05) is 0 Å². The second kappa shape index (κ2) is 2.75. The maximum absolute atomic E-state index is 12.5. The van der Waals surface area contributed by atoms with E-state index in [-0.39, 0.29) is 18.0 Å². The van der Waals surface area contributed by atoms with E-state index in [1.807, 2.05) is 0 Å². The summed E-state index contributed by atoms with van der Waals surface area (Å²) in [5, 5.41) is 8.67. The Labute approximate surface area is 63.4 Å². The van der Waals surface area contributed by atoms with Crippen molar-refractivity contribution in [2.75, 3.05) is 11.5 Å². The number of aliphatic hydroxyl groups is 1. The van der Waals surface area contributed by atoms with Crippen molar-refractivity contribution in [3.8, 4) is 0 Å². The van der Waals surface area contributed by atoms with Gasteiger partial charge in [0.05, 0.1) is 18.0 Å². The summed E-state index contributed by atoms with van der Waals surface area (Å²) in [5.74, 6) is -0.485. The summed E-state index contributed by atoms with van der Waals surface area (Å²) in [5.41, 5.74) is 11.5. The topological polar surface area (TPSA) is 72.3 Å². The fourth-order valence-electron chi connectivity index (χ4n) is 0.828. The molecule has 4 heteroatoms. The molecule has 0 spiro atoms. The second-order valence-electron chi connectivity index (χ2n) is 2.23. The first-order valence-electron chi connectivity index (χ1n) is 3.09. The number of anilines is 2. The largest absolute Gasteiger partial charge is 0.397 e. The van der Waals surface area contributed by atoms with Crippen LogP contribution < -0.4 is 11.5 Å². The molecule has 0 aromatic heterocycles. The number of aliphatic hydroxyl groups excluding tert-OH is 1. The van der Waals surface area contributed by atoms with E-state index in [9.17, 15) is 4.39 Å². The lowest BCUT2D eigenvalue weighted by atomic mass is 10.1. The van der Waals surface area contributed by atoms with Crippen molar-refractivity contribution < 1.29 is 9.50 Å². The highest BCUT2D eigenvalue weighted by atomic mass is 19.1. The molecule has 0 fully saturated rings. The van der Waals surface area contributed by atoms with Crippen molar-refractivity contribution in [2.24, 2.45) is 0 Å². The van der Waals surface area contributed by atoms with E-state index in [0.29, 0.717) is 5.56 Å². The lowest BCUT2D eigenvalue weighted by Crippen LogP contribution is -2.00. The normalized spacial score (nSPS) is 10.0. The highest BCUT2D eigenvalue weighted by molar-refractivity contribution is 5.67. The molecule has 1 rings (SSSR count). The Bertz CT molecular complexity index is 275. The summed E-state index contributed by atoms with van der Waals surface area (Å²) in [4.78, 5) is 0. The van der Waals surface area contributed by atoms with E-state index in [4.69, 9.17) is 16.6 Å². The van der Waals surface area contributed by atoms with Gasteiger partial charge in [0.1, 0.15) is 5.82 Å². The van der Waals surface area contributed by atoms with Crippen LogP contribution in [0.5, 0.6) is 0 Å². The van der Waals surface area contributed by atoms with Crippen LogP contribution in [0, 0.1) is 5.82 Å². The smallest absolute Gasteiger partial charge is 0.125 e. The molecule has 0 amide bonds. The Morgan fingerprint density at radius 3 is 2.55 bits per heavy atom. The summed E-state index contributed by atoms with van der Waals surface area (Å²) >= 11 is 0. The quantitative estimate of drug-likeness (QED) is 0.518. The zero-order valence-corrected chi connectivity index (χ0v) is 5.84. The molecule has 11 heavy (non-hydrogen) atoms. The Balaban J connectivity index is 3.24. The minimum atomic E-state index is -0.485. The highest BCUT2D eigenvalue weighted by Crippen LogP contribution is 2.21. The minimum absolute atomic E-state index is 0.161. The van der Waals surface area contributed by atoms with E-state index in [1.165, 1.54) is 0 Å². The van der Waals surface area contributed by atoms with E-state index in [1.54, 1.807) is 0 Å². The van der Waals surface area contributed by atoms with Gasteiger partial charge in [-0.3, -0.25) is 0 Å². The highest BCUT2D eigenvalue weighted by Gasteiger charge is 2.03. The van der Waals surface area contributed by atoms with Gasteiger partial charge >= 0.3 is 0 Å². The van der Waals surface area contributed by atoms with Crippen LogP contribution in [0.25, 0.3) is 0 Å². The summed E-state index contributed by atoms with van der Waals surface area (Å²) in [6.45, 7) is -0.298. The van der Waals surface area contributed by atoms with Crippen molar-refractivity contribution in [3.63, 3.8) is 0 Å². The van der Waals surface area contributed by atoms with Gasteiger partial charge in [0.25, 0.3) is 0 Å². The number of hydrogen-bond donors (Lipinski definition) is 3. The predicted octanol–water partition coefficient (Wildman–Crippen LogP) is 0.482. The predicted molar refractivity (Wildman–Crippen MR) is 41.1 cm³/mol. The van der Waals surface area contributed by atoms with Gasteiger partial charge in [-0.2, -0.15) is 0 Å². The van der Waals surface area contributed by atoms with Crippen molar-refractivity contribution >= 4 is 11.4 Å². The zero-order valence-electron chi connectivity index (χ0n) is 5.84. The lowest BCUT2D eigenvalue weighted by molar-refractivity contribution is 0.282. The van der Waals surface area contributed by atoms with Crippen LogP contribution >= 0.6 is 0 Å². The third kappa shape index (κ3) is 1.40. The summed E-state index contributed by atoms with van der Waals surface area (Å²) in [6.07, 6.45) is 0. The third-order valence-corrected chi connectivity index (χ3v) is 1.43. The van der Waals surface area contributed by atoms with Crippen LogP contribution in [0.2, 0.25) is 0 Å². The van der Waals surface area contributed by atoms with Crippen LogP contribution in [0.1, 0.15) is 5.56 Å². The second-order valence-corrected chi connectivity index (χ2v) is 2.23. The Morgan fingerprint density at radius 1 is 1.36 bits per heavy atom. The fraction of sp³-hybridized carbons (Fsp3) is 0.143. The van der Waals surface area contributed by atoms with Crippen molar-refractivity contribution in [1.29, 1.82) is 0 Å². The summed E-state index contributed by atoms with van der Waals surface area (Å²) in [7, 11) is 0. The number of rotatable bonds is 1.